The van der Waals surface area contributed by atoms with Crippen LogP contribution in [0.4, 0.5) is 0 Å². The predicted octanol–water partition coefficient (Wildman–Crippen LogP) is 1.28. The van der Waals surface area contributed by atoms with Gasteiger partial charge in [0.1, 0.15) is 6.61 Å². The molecule has 3 aliphatic rings. The van der Waals surface area contributed by atoms with Gasteiger partial charge in [-0.1, -0.05) is 0 Å². The molecular weight excluding hydrogens is 386 g/mol. The summed E-state index contributed by atoms with van der Waals surface area (Å²) in [5.41, 5.74) is 0. The zero-order chi connectivity index (χ0) is 21.5. The number of piperidine rings is 2. The van der Waals surface area contributed by atoms with E-state index in [9.17, 15) is 14.4 Å². The van der Waals surface area contributed by atoms with Gasteiger partial charge >= 0.3 is 0 Å². The summed E-state index contributed by atoms with van der Waals surface area (Å²) in [6.07, 6.45) is 5.85. The molecular formula is C22H37N3O5. The van der Waals surface area contributed by atoms with Crippen LogP contribution in [0.25, 0.3) is 0 Å². The first-order valence-electron chi connectivity index (χ1n) is 11.4. The molecule has 0 aromatic carbocycles. The minimum atomic E-state index is 0.0142. The maximum atomic E-state index is 13.0. The summed E-state index contributed by atoms with van der Waals surface area (Å²) in [7, 11) is 1.55. The van der Waals surface area contributed by atoms with E-state index in [0.29, 0.717) is 32.1 Å². The first-order chi connectivity index (χ1) is 14.5. The van der Waals surface area contributed by atoms with Crippen LogP contribution in [0.2, 0.25) is 0 Å². The van der Waals surface area contributed by atoms with Crippen molar-refractivity contribution >= 4 is 17.7 Å². The Balaban J connectivity index is 1.57. The zero-order valence-corrected chi connectivity index (χ0v) is 18.5. The molecule has 0 aliphatic carbocycles. The van der Waals surface area contributed by atoms with Crippen LogP contribution in [-0.2, 0) is 23.9 Å². The highest BCUT2D eigenvalue weighted by Gasteiger charge is 2.36. The predicted molar refractivity (Wildman–Crippen MR) is 112 cm³/mol. The number of rotatable bonds is 6. The summed E-state index contributed by atoms with van der Waals surface area (Å²) < 4.78 is 10.6. The molecule has 0 spiro atoms. The van der Waals surface area contributed by atoms with Gasteiger partial charge in [0.2, 0.25) is 17.7 Å². The van der Waals surface area contributed by atoms with Gasteiger partial charge < -0.3 is 24.2 Å². The molecule has 3 aliphatic heterocycles. The van der Waals surface area contributed by atoms with Gasteiger partial charge in [-0.3, -0.25) is 14.4 Å². The van der Waals surface area contributed by atoms with Crippen molar-refractivity contribution in [2.24, 2.45) is 5.92 Å². The molecule has 0 aromatic rings. The maximum Gasteiger partial charge on any atom is 0.249 e. The Labute approximate surface area is 179 Å². The van der Waals surface area contributed by atoms with Gasteiger partial charge in [-0.25, -0.2) is 0 Å². The number of carbonyl (C=O) groups excluding carboxylic acids is 3. The first-order valence-corrected chi connectivity index (χ1v) is 11.4. The molecule has 0 N–H and O–H groups in total. The van der Waals surface area contributed by atoms with Gasteiger partial charge in [0, 0.05) is 71.9 Å². The van der Waals surface area contributed by atoms with Gasteiger partial charge in [-0.05, 0) is 44.4 Å². The van der Waals surface area contributed by atoms with Crippen LogP contribution in [0, 0.1) is 5.92 Å². The lowest BCUT2D eigenvalue weighted by molar-refractivity contribution is -0.147. The van der Waals surface area contributed by atoms with E-state index in [4.69, 9.17) is 9.47 Å². The van der Waals surface area contributed by atoms with E-state index in [-0.39, 0.29) is 36.4 Å². The standard InChI is InChI=1S/C22H37N3O5/c1-17(26)23-10-5-18(6-11-23)14-21(27)24-9-3-4-20(15-24)25(22(28)16-29-2)19-7-12-30-13-8-19/h18-20H,3-16H2,1-2H3. The molecule has 1 unspecified atom stereocenters. The highest BCUT2D eigenvalue weighted by molar-refractivity contribution is 5.79. The maximum absolute atomic E-state index is 13.0. The Kier molecular flexibility index (Phi) is 8.50. The fourth-order valence-corrected chi connectivity index (χ4v) is 5.10. The molecule has 3 amide bonds. The van der Waals surface area contributed by atoms with Crippen LogP contribution < -0.4 is 0 Å². The second kappa shape index (κ2) is 11.1. The topological polar surface area (TPSA) is 79.4 Å². The fraction of sp³-hybridized carbons (Fsp3) is 0.864. The number of hydrogen-bond acceptors (Lipinski definition) is 5. The minimum Gasteiger partial charge on any atom is -0.381 e. The summed E-state index contributed by atoms with van der Waals surface area (Å²) in [5, 5.41) is 0. The van der Waals surface area contributed by atoms with Crippen LogP contribution in [0.15, 0.2) is 0 Å². The Morgan fingerprint density at radius 3 is 2.30 bits per heavy atom. The van der Waals surface area contributed by atoms with E-state index >= 15 is 0 Å². The smallest absolute Gasteiger partial charge is 0.249 e. The highest BCUT2D eigenvalue weighted by Crippen LogP contribution is 2.26. The van der Waals surface area contributed by atoms with Crippen LogP contribution in [0.5, 0.6) is 0 Å². The number of nitrogens with zero attached hydrogens (tertiary/aromatic N) is 3. The van der Waals surface area contributed by atoms with E-state index in [1.807, 2.05) is 14.7 Å². The summed E-state index contributed by atoms with van der Waals surface area (Å²) in [5.74, 6) is 0.662. The summed E-state index contributed by atoms with van der Waals surface area (Å²) in [6.45, 7) is 5.91. The third kappa shape index (κ3) is 5.94. The second-order valence-corrected chi connectivity index (χ2v) is 8.87. The van der Waals surface area contributed by atoms with Crippen molar-refractivity contribution < 1.29 is 23.9 Å². The van der Waals surface area contributed by atoms with Crippen molar-refractivity contribution in [3.8, 4) is 0 Å². The number of methoxy groups -OCH3 is 1. The molecule has 8 heteroatoms. The number of hydrogen-bond donors (Lipinski definition) is 0. The molecule has 0 bridgehead atoms. The van der Waals surface area contributed by atoms with Gasteiger partial charge in [0.25, 0.3) is 0 Å². The average molecular weight is 424 g/mol. The van der Waals surface area contributed by atoms with E-state index in [0.717, 1.165) is 58.2 Å². The Hall–Kier alpha value is -1.67. The molecule has 0 radical (unpaired) electrons. The first kappa shape index (κ1) is 23.0. The molecule has 3 heterocycles. The Morgan fingerprint density at radius 1 is 0.967 bits per heavy atom. The van der Waals surface area contributed by atoms with Gasteiger partial charge in [0.15, 0.2) is 0 Å². The SMILES string of the molecule is COCC(=O)N(C1CCOCC1)C1CCCN(C(=O)CC2CCN(C(C)=O)CC2)C1. The molecule has 8 nitrogen and oxygen atoms in total. The van der Waals surface area contributed by atoms with E-state index in [1.165, 1.54) is 0 Å². The Bertz CT molecular complexity index is 600. The molecule has 1 atom stereocenters. The molecule has 30 heavy (non-hydrogen) atoms. The molecule has 0 aromatic heterocycles. The molecule has 3 rings (SSSR count). The number of amides is 3. The lowest BCUT2D eigenvalue weighted by Crippen LogP contribution is -2.57. The lowest BCUT2D eigenvalue weighted by Gasteiger charge is -2.44. The number of likely N-dealkylation sites (tertiary alicyclic amines) is 2. The van der Waals surface area contributed by atoms with Gasteiger partial charge in [-0.2, -0.15) is 0 Å². The summed E-state index contributed by atoms with van der Waals surface area (Å²) in [4.78, 5) is 43.2. The lowest BCUT2D eigenvalue weighted by atomic mass is 9.92. The van der Waals surface area contributed by atoms with Crippen molar-refractivity contribution in [1.29, 1.82) is 0 Å². The van der Waals surface area contributed by atoms with E-state index < -0.39 is 0 Å². The van der Waals surface area contributed by atoms with E-state index in [1.54, 1.807) is 14.0 Å². The van der Waals surface area contributed by atoms with Gasteiger partial charge in [-0.15, -0.1) is 0 Å². The van der Waals surface area contributed by atoms with Crippen LogP contribution >= 0.6 is 0 Å². The summed E-state index contributed by atoms with van der Waals surface area (Å²) in [6, 6.07) is 0.213. The second-order valence-electron chi connectivity index (χ2n) is 8.87. The van der Waals surface area contributed by atoms with Crippen molar-refractivity contribution in [1.82, 2.24) is 14.7 Å². The minimum absolute atomic E-state index is 0.0142. The summed E-state index contributed by atoms with van der Waals surface area (Å²) >= 11 is 0. The quantitative estimate of drug-likeness (QED) is 0.643. The van der Waals surface area contributed by atoms with E-state index in [2.05, 4.69) is 0 Å². The van der Waals surface area contributed by atoms with Gasteiger partial charge in [0.05, 0.1) is 0 Å². The zero-order valence-electron chi connectivity index (χ0n) is 18.5. The highest BCUT2D eigenvalue weighted by atomic mass is 16.5. The third-order valence-corrected chi connectivity index (χ3v) is 6.81. The number of ether oxygens (including phenoxy) is 2. The average Bonchev–Trinajstić information content (AvgIpc) is 2.75. The van der Waals surface area contributed by atoms with Crippen molar-refractivity contribution in [2.75, 3.05) is 53.1 Å². The fourth-order valence-electron chi connectivity index (χ4n) is 5.10. The monoisotopic (exact) mass is 423 g/mol. The Morgan fingerprint density at radius 2 is 1.67 bits per heavy atom. The van der Waals surface area contributed by atoms with Crippen LogP contribution in [0.1, 0.15) is 51.9 Å². The molecule has 3 fully saturated rings. The number of carbonyl (C=O) groups is 3. The third-order valence-electron chi connectivity index (χ3n) is 6.81. The van der Waals surface area contributed by atoms with Crippen molar-refractivity contribution in [2.45, 2.75) is 64.0 Å². The molecule has 170 valence electrons. The molecule has 0 saturated carbocycles. The van der Waals surface area contributed by atoms with Crippen LogP contribution in [-0.4, -0.2) is 97.6 Å². The molecule has 3 saturated heterocycles. The normalized spacial score (nSPS) is 24.0. The van der Waals surface area contributed by atoms with Crippen molar-refractivity contribution in [3.05, 3.63) is 0 Å². The van der Waals surface area contributed by atoms with Crippen molar-refractivity contribution in [3.63, 3.8) is 0 Å². The van der Waals surface area contributed by atoms with Crippen LogP contribution in [0.3, 0.4) is 0 Å². The largest absolute Gasteiger partial charge is 0.381 e.